The number of hydrogen-bond donors (Lipinski definition) is 0. The summed E-state index contributed by atoms with van der Waals surface area (Å²) >= 11 is 0. The molecule has 0 atom stereocenters. The first kappa shape index (κ1) is 9.21. The summed E-state index contributed by atoms with van der Waals surface area (Å²) in [6.07, 6.45) is 4.69. The molecule has 0 N–H and O–H groups in total. The average Bonchev–Trinajstić information content (AvgIpc) is 2.52. The number of carbonyl (C=O) groups excluding carboxylic acids is 1. The number of hydrogen-bond acceptors (Lipinski definition) is 3. The molecule has 3 nitrogen and oxygen atoms in total. The molecule has 3 heteroatoms. The van der Waals surface area contributed by atoms with Gasteiger partial charge in [0, 0.05) is 24.2 Å². The normalized spacial score (nSPS) is 14.9. The van der Waals surface area contributed by atoms with Gasteiger partial charge in [0.05, 0.1) is 16.8 Å². The van der Waals surface area contributed by atoms with E-state index in [2.05, 4.69) is 9.98 Å². The van der Waals surface area contributed by atoms with Crippen molar-refractivity contribution in [2.45, 2.75) is 12.8 Å². The summed E-state index contributed by atoms with van der Waals surface area (Å²) in [5, 5.41) is 0.950. The number of aliphatic imine (C=N–C) groups is 1. The van der Waals surface area contributed by atoms with Crippen molar-refractivity contribution >= 4 is 28.6 Å². The molecule has 1 aromatic carbocycles. The SMILES string of the molecule is O=C1CCC=Nc2c1cnc1ccccc21. The molecule has 78 valence electrons. The Morgan fingerprint density at radius 2 is 2.06 bits per heavy atom. The summed E-state index contributed by atoms with van der Waals surface area (Å²) in [4.78, 5) is 20.5. The largest absolute Gasteiger partial charge is 0.294 e. The molecule has 0 fully saturated rings. The first-order chi connectivity index (χ1) is 7.86. The van der Waals surface area contributed by atoms with Crippen LogP contribution in [0.1, 0.15) is 23.2 Å². The van der Waals surface area contributed by atoms with Crippen LogP contribution in [-0.2, 0) is 0 Å². The minimum Gasteiger partial charge on any atom is -0.294 e. The number of aromatic nitrogens is 1. The Bertz CT molecular complexity index is 602. The smallest absolute Gasteiger partial charge is 0.166 e. The van der Waals surface area contributed by atoms with Gasteiger partial charge in [-0.2, -0.15) is 0 Å². The van der Waals surface area contributed by atoms with E-state index in [0.717, 1.165) is 16.6 Å². The number of nitrogens with zero attached hydrogens (tertiary/aromatic N) is 2. The number of pyridine rings is 1. The molecule has 16 heavy (non-hydrogen) atoms. The molecule has 0 spiro atoms. The number of benzene rings is 1. The lowest BCUT2D eigenvalue weighted by Crippen LogP contribution is -1.98. The van der Waals surface area contributed by atoms with Crippen LogP contribution >= 0.6 is 0 Å². The van der Waals surface area contributed by atoms with E-state index in [9.17, 15) is 4.79 Å². The van der Waals surface area contributed by atoms with Crippen LogP contribution in [0.3, 0.4) is 0 Å². The molecule has 0 saturated heterocycles. The molecule has 1 aromatic heterocycles. The van der Waals surface area contributed by atoms with Crippen molar-refractivity contribution in [1.82, 2.24) is 4.98 Å². The highest BCUT2D eigenvalue weighted by Gasteiger charge is 2.16. The highest BCUT2D eigenvalue weighted by molar-refractivity contribution is 6.09. The van der Waals surface area contributed by atoms with Crippen molar-refractivity contribution in [2.75, 3.05) is 0 Å². The molecule has 2 aromatic rings. The lowest BCUT2D eigenvalue weighted by molar-refractivity contribution is 0.0986. The summed E-state index contributed by atoms with van der Waals surface area (Å²) in [5.74, 6) is 0.130. The fraction of sp³-hybridized carbons (Fsp3) is 0.154. The Balaban J connectivity index is 2.40. The van der Waals surface area contributed by atoms with Gasteiger partial charge in [-0.15, -0.1) is 0 Å². The average molecular weight is 210 g/mol. The van der Waals surface area contributed by atoms with Gasteiger partial charge in [0.1, 0.15) is 0 Å². The second-order valence-corrected chi connectivity index (χ2v) is 3.81. The van der Waals surface area contributed by atoms with E-state index in [0.29, 0.717) is 18.4 Å². The van der Waals surface area contributed by atoms with Gasteiger partial charge < -0.3 is 0 Å². The van der Waals surface area contributed by atoms with Crippen molar-refractivity contribution in [3.63, 3.8) is 0 Å². The van der Waals surface area contributed by atoms with Crippen LogP contribution in [0, 0.1) is 0 Å². The van der Waals surface area contributed by atoms with Crippen LogP contribution < -0.4 is 0 Å². The number of para-hydroxylation sites is 1. The fourth-order valence-corrected chi connectivity index (χ4v) is 1.96. The fourth-order valence-electron chi connectivity index (χ4n) is 1.96. The van der Waals surface area contributed by atoms with Gasteiger partial charge in [0.15, 0.2) is 5.78 Å². The number of carbonyl (C=O) groups is 1. The Labute approximate surface area is 92.8 Å². The van der Waals surface area contributed by atoms with Crippen molar-refractivity contribution < 1.29 is 4.79 Å². The van der Waals surface area contributed by atoms with E-state index in [4.69, 9.17) is 0 Å². The summed E-state index contributed by atoms with van der Waals surface area (Å²) < 4.78 is 0. The topological polar surface area (TPSA) is 42.3 Å². The summed E-state index contributed by atoms with van der Waals surface area (Å²) in [6.45, 7) is 0. The zero-order valence-electron chi connectivity index (χ0n) is 8.68. The second-order valence-electron chi connectivity index (χ2n) is 3.81. The van der Waals surface area contributed by atoms with Crippen LogP contribution in [0.2, 0.25) is 0 Å². The first-order valence-corrected chi connectivity index (χ1v) is 5.30. The summed E-state index contributed by atoms with van der Waals surface area (Å²) in [6, 6.07) is 7.76. The molecule has 1 aliphatic heterocycles. The summed E-state index contributed by atoms with van der Waals surface area (Å²) in [7, 11) is 0. The molecule has 3 rings (SSSR count). The third-order valence-electron chi connectivity index (χ3n) is 2.77. The number of ketones is 1. The Kier molecular flexibility index (Phi) is 2.03. The van der Waals surface area contributed by atoms with Gasteiger partial charge in [-0.05, 0) is 12.5 Å². The lowest BCUT2D eigenvalue weighted by Gasteiger charge is -2.05. The van der Waals surface area contributed by atoms with Crippen LogP contribution in [-0.4, -0.2) is 17.0 Å². The molecule has 1 aliphatic rings. The molecule has 0 unspecified atom stereocenters. The Hall–Kier alpha value is -2.03. The van der Waals surface area contributed by atoms with Gasteiger partial charge in [-0.3, -0.25) is 14.8 Å². The van der Waals surface area contributed by atoms with Crippen molar-refractivity contribution in [2.24, 2.45) is 4.99 Å². The number of rotatable bonds is 0. The van der Waals surface area contributed by atoms with Crippen LogP contribution in [0.4, 0.5) is 5.69 Å². The molecule has 0 aliphatic carbocycles. The second kappa shape index (κ2) is 3.52. The van der Waals surface area contributed by atoms with Gasteiger partial charge in [-0.1, -0.05) is 18.2 Å². The number of Topliss-reactive ketones (excluding diaryl/α,β-unsaturated/α-hetero) is 1. The molecule has 0 bridgehead atoms. The molecule has 0 radical (unpaired) electrons. The molecular formula is C13H10N2O. The predicted molar refractivity (Wildman–Crippen MR) is 63.5 cm³/mol. The third kappa shape index (κ3) is 1.33. The first-order valence-electron chi connectivity index (χ1n) is 5.30. The molecule has 2 heterocycles. The van der Waals surface area contributed by atoms with Crippen molar-refractivity contribution in [1.29, 1.82) is 0 Å². The van der Waals surface area contributed by atoms with E-state index < -0.39 is 0 Å². The molecule has 0 saturated carbocycles. The van der Waals surface area contributed by atoms with Gasteiger partial charge >= 0.3 is 0 Å². The predicted octanol–water partition coefficient (Wildman–Crippen LogP) is 2.91. The van der Waals surface area contributed by atoms with E-state index in [-0.39, 0.29) is 5.78 Å². The lowest BCUT2D eigenvalue weighted by atomic mass is 10.1. The minimum absolute atomic E-state index is 0.130. The maximum Gasteiger partial charge on any atom is 0.166 e. The zero-order chi connectivity index (χ0) is 11.0. The van der Waals surface area contributed by atoms with E-state index in [1.165, 1.54) is 0 Å². The van der Waals surface area contributed by atoms with Gasteiger partial charge in [0.2, 0.25) is 0 Å². The third-order valence-corrected chi connectivity index (χ3v) is 2.77. The highest BCUT2D eigenvalue weighted by atomic mass is 16.1. The molecule has 0 amide bonds. The van der Waals surface area contributed by atoms with E-state index >= 15 is 0 Å². The Morgan fingerprint density at radius 1 is 1.19 bits per heavy atom. The standard InChI is InChI=1S/C13H10N2O/c16-12-6-3-7-14-13-9-4-1-2-5-11(9)15-8-10(12)13/h1-2,4-5,7-8H,3,6H2. The highest BCUT2D eigenvalue weighted by Crippen LogP contribution is 2.30. The maximum absolute atomic E-state index is 11.8. The summed E-state index contributed by atoms with van der Waals surface area (Å²) in [5.41, 5.74) is 2.30. The quantitative estimate of drug-likeness (QED) is 0.670. The zero-order valence-corrected chi connectivity index (χ0v) is 8.68. The van der Waals surface area contributed by atoms with E-state index in [1.807, 2.05) is 30.5 Å². The van der Waals surface area contributed by atoms with E-state index in [1.54, 1.807) is 6.20 Å². The van der Waals surface area contributed by atoms with Crippen molar-refractivity contribution in [3.8, 4) is 0 Å². The monoisotopic (exact) mass is 210 g/mol. The number of fused-ring (bicyclic) bond motifs is 3. The van der Waals surface area contributed by atoms with Crippen molar-refractivity contribution in [3.05, 3.63) is 36.0 Å². The van der Waals surface area contributed by atoms with Crippen LogP contribution in [0.15, 0.2) is 35.5 Å². The van der Waals surface area contributed by atoms with Gasteiger partial charge in [0.25, 0.3) is 0 Å². The van der Waals surface area contributed by atoms with Crippen LogP contribution in [0.25, 0.3) is 10.9 Å². The minimum atomic E-state index is 0.130. The molecular weight excluding hydrogens is 200 g/mol. The van der Waals surface area contributed by atoms with Gasteiger partial charge in [-0.25, -0.2) is 0 Å². The Morgan fingerprint density at radius 3 is 3.00 bits per heavy atom. The van der Waals surface area contributed by atoms with Crippen LogP contribution in [0.5, 0.6) is 0 Å². The maximum atomic E-state index is 11.8.